The van der Waals surface area contributed by atoms with Crippen LogP contribution in [0, 0.1) is 0 Å². The lowest BCUT2D eigenvalue weighted by molar-refractivity contribution is -0.114. The van der Waals surface area contributed by atoms with Gasteiger partial charge >= 0.3 is 0 Å². The Labute approximate surface area is 146 Å². The number of fused-ring (bicyclic) bond motifs is 1. The van der Waals surface area contributed by atoms with Crippen LogP contribution in [0.4, 0.5) is 11.5 Å². The van der Waals surface area contributed by atoms with Crippen molar-refractivity contribution in [1.82, 2.24) is 14.8 Å². The molecule has 0 saturated carbocycles. The van der Waals surface area contributed by atoms with Gasteiger partial charge in [-0.05, 0) is 24.3 Å². The second-order valence-electron chi connectivity index (χ2n) is 6.14. The van der Waals surface area contributed by atoms with Gasteiger partial charge in [-0.3, -0.25) is 4.79 Å². The highest BCUT2D eigenvalue weighted by Crippen LogP contribution is 2.25. The van der Waals surface area contributed by atoms with Crippen molar-refractivity contribution >= 4 is 17.4 Å². The summed E-state index contributed by atoms with van der Waals surface area (Å²) in [5.74, 6) is 0.460. The molecule has 0 bridgehead atoms. The first-order valence-corrected chi connectivity index (χ1v) is 8.30. The van der Waals surface area contributed by atoms with Crippen LogP contribution in [0.5, 0.6) is 0 Å². The lowest BCUT2D eigenvalue weighted by Gasteiger charge is -2.28. The summed E-state index contributed by atoms with van der Waals surface area (Å²) in [6.45, 7) is 3.19. The number of para-hydroxylation sites is 1. The van der Waals surface area contributed by atoms with Crippen molar-refractivity contribution in [1.29, 1.82) is 0 Å². The van der Waals surface area contributed by atoms with E-state index in [1.54, 1.807) is 6.20 Å². The number of carbonyl (C=O) groups excluding carboxylic acids is 1. The van der Waals surface area contributed by atoms with Crippen LogP contribution < -0.4 is 10.2 Å². The summed E-state index contributed by atoms with van der Waals surface area (Å²) in [4.78, 5) is 17.7. The molecule has 1 aliphatic rings. The third kappa shape index (κ3) is 3.24. The molecule has 1 amide bonds. The molecule has 0 fully saturated rings. The Morgan fingerprint density at radius 2 is 1.96 bits per heavy atom. The molecule has 2 aromatic heterocycles. The average Bonchev–Trinajstić information content (AvgIpc) is 3.06. The highest BCUT2D eigenvalue weighted by atomic mass is 16.1. The molecule has 4 rings (SSSR count). The fourth-order valence-electron chi connectivity index (χ4n) is 3.07. The van der Waals surface area contributed by atoms with Crippen LogP contribution in [0.2, 0.25) is 0 Å². The monoisotopic (exact) mass is 333 g/mol. The Morgan fingerprint density at radius 1 is 1.12 bits per heavy atom. The number of rotatable bonds is 3. The van der Waals surface area contributed by atoms with Gasteiger partial charge in [0.2, 0.25) is 5.91 Å². The normalized spacial score (nSPS) is 13.4. The number of carbonyl (C=O) groups is 1. The molecule has 0 radical (unpaired) electrons. The molecule has 0 spiro atoms. The van der Waals surface area contributed by atoms with Crippen LogP contribution in [0.15, 0.2) is 54.9 Å². The second-order valence-corrected chi connectivity index (χ2v) is 6.14. The number of hydrogen-bond acceptors (Lipinski definition) is 4. The lowest BCUT2D eigenvalue weighted by Crippen LogP contribution is -2.30. The molecule has 3 heterocycles. The van der Waals surface area contributed by atoms with Gasteiger partial charge in [-0.25, -0.2) is 9.67 Å². The van der Waals surface area contributed by atoms with E-state index in [9.17, 15) is 4.79 Å². The van der Waals surface area contributed by atoms with Crippen LogP contribution in [-0.2, 0) is 17.8 Å². The molecule has 1 N–H and O–H groups in total. The van der Waals surface area contributed by atoms with E-state index in [2.05, 4.69) is 33.5 Å². The van der Waals surface area contributed by atoms with Crippen LogP contribution in [0.1, 0.15) is 18.2 Å². The van der Waals surface area contributed by atoms with Crippen LogP contribution in [0.25, 0.3) is 5.69 Å². The minimum atomic E-state index is -0.115. The minimum absolute atomic E-state index is 0.115. The first kappa shape index (κ1) is 15.4. The molecule has 6 nitrogen and oxygen atoms in total. The molecule has 1 aromatic carbocycles. The summed E-state index contributed by atoms with van der Waals surface area (Å²) in [5, 5.41) is 7.41. The van der Waals surface area contributed by atoms with Gasteiger partial charge in [-0.15, -0.1) is 0 Å². The van der Waals surface area contributed by atoms with Gasteiger partial charge in [0.05, 0.1) is 23.3 Å². The van der Waals surface area contributed by atoms with Crippen LogP contribution in [-0.4, -0.2) is 27.2 Å². The van der Waals surface area contributed by atoms with E-state index in [0.29, 0.717) is 5.82 Å². The number of amides is 1. The van der Waals surface area contributed by atoms with Gasteiger partial charge in [0.15, 0.2) is 0 Å². The Bertz CT molecular complexity index is 886. The molecule has 0 saturated heterocycles. The van der Waals surface area contributed by atoms with Crippen molar-refractivity contribution in [2.24, 2.45) is 0 Å². The maximum atomic E-state index is 11.1. The predicted molar refractivity (Wildman–Crippen MR) is 96.9 cm³/mol. The highest BCUT2D eigenvalue weighted by Gasteiger charge is 2.20. The van der Waals surface area contributed by atoms with Gasteiger partial charge in [-0.1, -0.05) is 18.2 Å². The van der Waals surface area contributed by atoms with E-state index in [4.69, 9.17) is 5.10 Å². The average molecular weight is 333 g/mol. The largest absolute Gasteiger partial charge is 0.365 e. The van der Waals surface area contributed by atoms with Crippen molar-refractivity contribution in [2.45, 2.75) is 19.9 Å². The highest BCUT2D eigenvalue weighted by molar-refractivity contribution is 5.87. The molecule has 3 aromatic rings. The van der Waals surface area contributed by atoms with Crippen LogP contribution in [0.3, 0.4) is 0 Å². The summed E-state index contributed by atoms with van der Waals surface area (Å²) >= 11 is 0. The maximum Gasteiger partial charge on any atom is 0.222 e. The van der Waals surface area contributed by atoms with Gasteiger partial charge in [0, 0.05) is 38.2 Å². The molecule has 0 atom stereocenters. The molecular formula is C19H19N5O. The summed E-state index contributed by atoms with van der Waals surface area (Å²) in [7, 11) is 0. The Morgan fingerprint density at radius 3 is 2.68 bits per heavy atom. The summed E-state index contributed by atoms with van der Waals surface area (Å²) in [5.41, 5.74) is 4.51. The first-order chi connectivity index (χ1) is 12.2. The number of pyridine rings is 1. The van der Waals surface area contributed by atoms with E-state index in [1.807, 2.05) is 35.0 Å². The molecule has 1 aliphatic heterocycles. The van der Waals surface area contributed by atoms with E-state index < -0.39 is 0 Å². The third-order valence-electron chi connectivity index (χ3n) is 4.29. The number of anilines is 2. The fourth-order valence-corrected chi connectivity index (χ4v) is 3.07. The van der Waals surface area contributed by atoms with Crippen molar-refractivity contribution in [2.75, 3.05) is 16.8 Å². The molecule has 6 heteroatoms. The van der Waals surface area contributed by atoms with Crippen molar-refractivity contribution in [3.8, 4) is 5.69 Å². The first-order valence-electron chi connectivity index (χ1n) is 8.30. The van der Waals surface area contributed by atoms with Gasteiger partial charge in [0.25, 0.3) is 0 Å². The van der Waals surface area contributed by atoms with Crippen LogP contribution >= 0.6 is 0 Å². The van der Waals surface area contributed by atoms with Gasteiger partial charge < -0.3 is 10.2 Å². The Hall–Kier alpha value is -3.15. The summed E-state index contributed by atoms with van der Waals surface area (Å²) in [6, 6.07) is 14.0. The molecule has 0 aliphatic carbocycles. The molecule has 0 unspecified atom stereocenters. The number of benzene rings is 1. The standard InChI is InChI=1S/C19H19N5O/c1-14(25)21-19-8-7-17(11-20-19)23-10-9-18-15(12-23)13-24(22-18)16-5-3-2-4-6-16/h2-8,11,13H,9-10,12H2,1H3,(H,20,21,25). The number of nitrogens with zero attached hydrogens (tertiary/aromatic N) is 4. The van der Waals surface area contributed by atoms with Crippen molar-refractivity contribution in [3.63, 3.8) is 0 Å². The minimum Gasteiger partial charge on any atom is -0.365 e. The smallest absolute Gasteiger partial charge is 0.222 e. The van der Waals surface area contributed by atoms with E-state index in [0.717, 1.165) is 36.6 Å². The van der Waals surface area contributed by atoms with Gasteiger partial charge in [-0.2, -0.15) is 5.10 Å². The Kier molecular flexibility index (Phi) is 3.93. The second kappa shape index (κ2) is 6.39. The topological polar surface area (TPSA) is 63.1 Å². The summed E-state index contributed by atoms with van der Waals surface area (Å²) < 4.78 is 1.95. The predicted octanol–water partition coefficient (Wildman–Crippen LogP) is 2.79. The number of nitrogens with one attached hydrogen (secondary N) is 1. The fraction of sp³-hybridized carbons (Fsp3) is 0.211. The maximum absolute atomic E-state index is 11.1. The molecule has 25 heavy (non-hydrogen) atoms. The van der Waals surface area contributed by atoms with E-state index in [1.165, 1.54) is 12.5 Å². The number of hydrogen-bond donors (Lipinski definition) is 1. The summed E-state index contributed by atoms with van der Waals surface area (Å²) in [6.07, 6.45) is 4.82. The van der Waals surface area contributed by atoms with E-state index in [-0.39, 0.29) is 5.91 Å². The zero-order chi connectivity index (χ0) is 17.2. The Balaban J connectivity index is 1.53. The van der Waals surface area contributed by atoms with E-state index >= 15 is 0 Å². The SMILES string of the molecule is CC(=O)Nc1ccc(N2CCc3nn(-c4ccccc4)cc3C2)cn1. The van der Waals surface area contributed by atoms with Crippen molar-refractivity contribution in [3.05, 3.63) is 66.1 Å². The van der Waals surface area contributed by atoms with Gasteiger partial charge in [0.1, 0.15) is 5.82 Å². The zero-order valence-corrected chi connectivity index (χ0v) is 14.0. The quantitative estimate of drug-likeness (QED) is 0.800. The zero-order valence-electron chi connectivity index (χ0n) is 14.0. The molecular weight excluding hydrogens is 314 g/mol. The lowest BCUT2D eigenvalue weighted by atomic mass is 10.1. The third-order valence-corrected chi connectivity index (χ3v) is 4.29. The molecule has 126 valence electrons. The van der Waals surface area contributed by atoms with Crippen molar-refractivity contribution < 1.29 is 4.79 Å². The number of aromatic nitrogens is 3.